The quantitative estimate of drug-likeness (QED) is 0.420. The largest absolute Gasteiger partial charge is 0.381 e. The second-order valence-electron chi connectivity index (χ2n) is 9.43. The van der Waals surface area contributed by atoms with Gasteiger partial charge in [0.2, 0.25) is 5.95 Å². The van der Waals surface area contributed by atoms with Crippen LogP contribution in [0.3, 0.4) is 0 Å². The van der Waals surface area contributed by atoms with Gasteiger partial charge in [-0.25, -0.2) is 4.98 Å². The van der Waals surface area contributed by atoms with E-state index in [1.807, 2.05) is 18.2 Å². The van der Waals surface area contributed by atoms with Crippen molar-refractivity contribution in [3.63, 3.8) is 0 Å². The molecule has 0 amide bonds. The van der Waals surface area contributed by atoms with Crippen LogP contribution in [0.15, 0.2) is 30.3 Å². The van der Waals surface area contributed by atoms with Gasteiger partial charge in [-0.15, -0.1) is 0 Å². The van der Waals surface area contributed by atoms with Crippen LogP contribution in [0, 0.1) is 11.8 Å². The van der Waals surface area contributed by atoms with Crippen molar-refractivity contribution in [2.75, 3.05) is 43.1 Å². The van der Waals surface area contributed by atoms with Crippen LogP contribution in [-0.2, 0) is 10.2 Å². The summed E-state index contributed by atoms with van der Waals surface area (Å²) in [5, 5.41) is 8.13. The van der Waals surface area contributed by atoms with Crippen LogP contribution >= 0.6 is 35.4 Å². The second kappa shape index (κ2) is 10.7. The average Bonchev–Trinajstić information content (AvgIpc) is 2.78. The molecule has 3 heterocycles. The Morgan fingerprint density at radius 3 is 2.45 bits per heavy atom. The lowest BCUT2D eigenvalue weighted by Crippen LogP contribution is -2.45. The Labute approximate surface area is 211 Å². The van der Waals surface area contributed by atoms with E-state index in [1.54, 1.807) is 0 Å². The summed E-state index contributed by atoms with van der Waals surface area (Å²) in [5.74, 6) is 2.48. The Kier molecular flexibility index (Phi) is 7.95. The van der Waals surface area contributed by atoms with Crippen molar-refractivity contribution >= 4 is 52.3 Å². The Morgan fingerprint density at radius 2 is 1.79 bits per heavy atom. The summed E-state index contributed by atoms with van der Waals surface area (Å²) in [5.41, 5.74) is 1.16. The molecule has 0 radical (unpaired) electrons. The van der Waals surface area contributed by atoms with Crippen LogP contribution in [0.1, 0.15) is 38.7 Å². The molecular weight excluding hydrogens is 477 g/mol. The zero-order valence-electron chi connectivity index (χ0n) is 19.1. The number of benzene rings is 1. The number of nitrogens with one attached hydrogen (secondary N) is 2. The molecule has 2 fully saturated rings. The molecule has 2 atom stereocenters. The lowest BCUT2D eigenvalue weighted by Gasteiger charge is -2.38. The third kappa shape index (κ3) is 6.27. The third-order valence-electron chi connectivity index (χ3n) is 6.59. The van der Waals surface area contributed by atoms with Crippen LogP contribution in [0.2, 0.25) is 10.2 Å². The highest BCUT2D eigenvalue weighted by Gasteiger charge is 2.34. The molecule has 0 saturated carbocycles. The molecule has 9 heteroatoms. The van der Waals surface area contributed by atoms with E-state index in [2.05, 4.69) is 46.5 Å². The van der Waals surface area contributed by atoms with Gasteiger partial charge in [-0.05, 0) is 61.0 Å². The molecule has 33 heavy (non-hydrogen) atoms. The average molecular weight is 509 g/mol. The van der Waals surface area contributed by atoms with Gasteiger partial charge in [0.15, 0.2) is 5.11 Å². The Hall–Kier alpha value is -1.67. The first-order valence-corrected chi connectivity index (χ1v) is 12.7. The molecule has 0 unspecified atom stereocenters. The van der Waals surface area contributed by atoms with Crippen molar-refractivity contribution in [1.82, 2.24) is 15.3 Å². The van der Waals surface area contributed by atoms with Gasteiger partial charge in [-0.2, -0.15) is 4.98 Å². The van der Waals surface area contributed by atoms with Crippen molar-refractivity contribution in [2.45, 2.75) is 38.5 Å². The first kappa shape index (κ1) is 24.5. The van der Waals surface area contributed by atoms with Crippen molar-refractivity contribution in [3.05, 3.63) is 46.1 Å². The molecule has 178 valence electrons. The van der Waals surface area contributed by atoms with Crippen LogP contribution in [0.5, 0.6) is 0 Å². The fourth-order valence-corrected chi connectivity index (χ4v) is 5.47. The Bertz CT molecular complexity index is 958. The smallest absolute Gasteiger partial charge is 0.232 e. The van der Waals surface area contributed by atoms with Crippen molar-refractivity contribution in [1.29, 1.82) is 0 Å². The lowest BCUT2D eigenvalue weighted by atomic mass is 9.74. The predicted molar refractivity (Wildman–Crippen MR) is 140 cm³/mol. The van der Waals surface area contributed by atoms with E-state index in [1.165, 1.54) is 12.0 Å². The maximum Gasteiger partial charge on any atom is 0.232 e. The monoisotopic (exact) mass is 507 g/mol. The van der Waals surface area contributed by atoms with Gasteiger partial charge < -0.3 is 20.3 Å². The van der Waals surface area contributed by atoms with Crippen LogP contribution in [0.4, 0.5) is 11.8 Å². The zero-order chi connectivity index (χ0) is 23.4. The van der Waals surface area contributed by atoms with E-state index < -0.39 is 0 Å². The number of piperidine rings is 1. The molecule has 2 N–H and O–H groups in total. The Morgan fingerprint density at radius 1 is 1.12 bits per heavy atom. The molecule has 2 aromatic rings. The highest BCUT2D eigenvalue weighted by molar-refractivity contribution is 7.80. The summed E-state index contributed by atoms with van der Waals surface area (Å²) in [6.07, 6.45) is 3.05. The van der Waals surface area contributed by atoms with Crippen LogP contribution < -0.4 is 15.5 Å². The summed E-state index contributed by atoms with van der Waals surface area (Å²) in [4.78, 5) is 11.3. The van der Waals surface area contributed by atoms with E-state index in [0.29, 0.717) is 34.6 Å². The minimum absolute atomic E-state index is 0.0744. The predicted octanol–water partition coefficient (Wildman–Crippen LogP) is 5.30. The van der Waals surface area contributed by atoms with Crippen LogP contribution in [0.25, 0.3) is 0 Å². The first-order chi connectivity index (χ1) is 15.8. The van der Waals surface area contributed by atoms with Crippen molar-refractivity contribution < 1.29 is 4.74 Å². The molecule has 0 spiro atoms. The summed E-state index contributed by atoms with van der Waals surface area (Å²) < 4.78 is 5.63. The van der Waals surface area contributed by atoms with Gasteiger partial charge in [0, 0.05) is 49.4 Å². The van der Waals surface area contributed by atoms with Crippen molar-refractivity contribution in [3.8, 4) is 0 Å². The van der Waals surface area contributed by atoms with Gasteiger partial charge in [0.05, 0.1) is 0 Å². The number of anilines is 2. The van der Waals surface area contributed by atoms with Gasteiger partial charge >= 0.3 is 0 Å². The number of thiocarbonyl (C=S) groups is 1. The minimum Gasteiger partial charge on any atom is -0.381 e. The molecule has 2 aliphatic rings. The standard InChI is InChI=1S/C24H31Cl2N5OS/c1-16-11-17(2)14-31(13-16)21-12-20(26)28-22(29-21)30-23(33)27-15-24(7-9-32-10-8-24)18-3-5-19(25)6-4-18/h3-6,12,16-17H,7-11,13-15H2,1-2H3,(H2,27,28,29,30,33)/t16-,17-/m0/s1. The molecule has 2 saturated heterocycles. The SMILES string of the molecule is C[C@H]1C[C@H](C)CN(c2cc(Cl)nc(NC(=S)NCC3(c4ccc(Cl)cc4)CCOCC3)n2)C1. The minimum atomic E-state index is -0.0744. The van der Waals surface area contributed by atoms with E-state index in [9.17, 15) is 0 Å². The number of rotatable bonds is 5. The number of hydrogen-bond acceptors (Lipinski definition) is 5. The molecule has 6 nitrogen and oxygen atoms in total. The summed E-state index contributed by atoms with van der Waals surface area (Å²) in [6.45, 7) is 8.60. The van der Waals surface area contributed by atoms with Gasteiger partial charge in [0.25, 0.3) is 0 Å². The maximum absolute atomic E-state index is 6.33. The van der Waals surface area contributed by atoms with E-state index in [-0.39, 0.29) is 5.41 Å². The molecule has 4 rings (SSSR count). The number of halogens is 2. The summed E-state index contributed by atoms with van der Waals surface area (Å²) >= 11 is 18.0. The van der Waals surface area contributed by atoms with Gasteiger partial charge in [0.1, 0.15) is 11.0 Å². The highest BCUT2D eigenvalue weighted by Crippen LogP contribution is 2.35. The Balaban J connectivity index is 1.43. The summed E-state index contributed by atoms with van der Waals surface area (Å²) in [6, 6.07) is 9.89. The number of nitrogens with zero attached hydrogens (tertiary/aromatic N) is 3. The van der Waals surface area contributed by atoms with Gasteiger partial charge in [-0.3, -0.25) is 0 Å². The second-order valence-corrected chi connectivity index (χ2v) is 10.7. The number of aromatic nitrogens is 2. The molecule has 2 aliphatic heterocycles. The third-order valence-corrected chi connectivity index (χ3v) is 7.29. The fraction of sp³-hybridized carbons (Fsp3) is 0.542. The van der Waals surface area contributed by atoms with Crippen molar-refractivity contribution in [2.24, 2.45) is 11.8 Å². The number of ether oxygens (including phenoxy) is 1. The van der Waals surface area contributed by atoms with E-state index >= 15 is 0 Å². The molecule has 1 aromatic heterocycles. The summed E-state index contributed by atoms with van der Waals surface area (Å²) in [7, 11) is 0. The van der Waals surface area contributed by atoms with E-state index in [4.69, 9.17) is 45.1 Å². The lowest BCUT2D eigenvalue weighted by molar-refractivity contribution is 0.0515. The zero-order valence-corrected chi connectivity index (χ0v) is 21.4. The molecular formula is C24H31Cl2N5OS. The first-order valence-electron chi connectivity index (χ1n) is 11.5. The van der Waals surface area contributed by atoms with Gasteiger partial charge in [-0.1, -0.05) is 49.2 Å². The topological polar surface area (TPSA) is 62.3 Å². The fourth-order valence-electron chi connectivity index (χ4n) is 5.00. The molecule has 1 aromatic carbocycles. The molecule has 0 aliphatic carbocycles. The van der Waals surface area contributed by atoms with E-state index in [0.717, 1.165) is 50.0 Å². The normalized spacial score (nSPS) is 22.6. The molecule has 0 bridgehead atoms. The number of hydrogen-bond donors (Lipinski definition) is 2. The highest BCUT2D eigenvalue weighted by atomic mass is 35.5. The maximum atomic E-state index is 6.33. The van der Waals surface area contributed by atoms with Crippen LogP contribution in [-0.4, -0.2) is 47.9 Å².